The highest BCUT2D eigenvalue weighted by molar-refractivity contribution is 5.31. The van der Waals surface area contributed by atoms with E-state index in [0.29, 0.717) is 6.61 Å². The van der Waals surface area contributed by atoms with E-state index in [2.05, 4.69) is 44.2 Å². The van der Waals surface area contributed by atoms with Gasteiger partial charge in [-0.15, -0.1) is 0 Å². The molecular formula is C18H23NO. The standard InChI is InChI=1S/C18H23NO/c1-13-7-8-17(9-14(13)2)12-20-18-6-4-5-16(11-18)10-15(3)19/h4-9,11,15H,10,12,19H2,1-3H3. The molecule has 0 aliphatic rings. The normalized spacial score (nSPS) is 12.2. The van der Waals surface area contributed by atoms with Crippen LogP contribution in [0, 0.1) is 13.8 Å². The summed E-state index contributed by atoms with van der Waals surface area (Å²) in [5, 5.41) is 0. The number of ether oxygens (including phenoxy) is 1. The molecule has 0 fully saturated rings. The predicted molar refractivity (Wildman–Crippen MR) is 84.0 cm³/mol. The molecule has 1 atom stereocenters. The van der Waals surface area contributed by atoms with Crippen LogP contribution < -0.4 is 10.5 Å². The van der Waals surface area contributed by atoms with Crippen molar-refractivity contribution in [3.05, 3.63) is 64.7 Å². The predicted octanol–water partition coefficient (Wildman–Crippen LogP) is 3.77. The summed E-state index contributed by atoms with van der Waals surface area (Å²) in [5.74, 6) is 0.904. The van der Waals surface area contributed by atoms with E-state index in [-0.39, 0.29) is 6.04 Å². The van der Waals surface area contributed by atoms with Crippen molar-refractivity contribution in [3.8, 4) is 5.75 Å². The first-order valence-corrected chi connectivity index (χ1v) is 7.08. The molecule has 0 radical (unpaired) electrons. The van der Waals surface area contributed by atoms with Gasteiger partial charge in [0.1, 0.15) is 12.4 Å². The van der Waals surface area contributed by atoms with E-state index in [1.165, 1.54) is 22.3 Å². The Labute approximate surface area is 121 Å². The smallest absolute Gasteiger partial charge is 0.120 e. The van der Waals surface area contributed by atoms with Gasteiger partial charge >= 0.3 is 0 Å². The van der Waals surface area contributed by atoms with Gasteiger partial charge in [-0.1, -0.05) is 30.3 Å². The Morgan fingerprint density at radius 1 is 1.00 bits per heavy atom. The summed E-state index contributed by atoms with van der Waals surface area (Å²) in [7, 11) is 0. The van der Waals surface area contributed by atoms with Crippen LogP contribution in [0.25, 0.3) is 0 Å². The Hall–Kier alpha value is -1.80. The topological polar surface area (TPSA) is 35.2 Å². The highest BCUT2D eigenvalue weighted by Crippen LogP contribution is 2.17. The van der Waals surface area contributed by atoms with Gasteiger partial charge < -0.3 is 10.5 Å². The van der Waals surface area contributed by atoms with Crippen LogP contribution in [0.4, 0.5) is 0 Å². The SMILES string of the molecule is Cc1ccc(COc2cccc(CC(C)N)c2)cc1C. The second-order valence-corrected chi connectivity index (χ2v) is 5.54. The third-order valence-electron chi connectivity index (χ3n) is 3.43. The summed E-state index contributed by atoms with van der Waals surface area (Å²) in [6, 6.07) is 14.8. The molecule has 1 unspecified atom stereocenters. The van der Waals surface area contributed by atoms with E-state index in [9.17, 15) is 0 Å². The number of nitrogens with two attached hydrogens (primary N) is 1. The molecule has 0 saturated carbocycles. The molecule has 2 N–H and O–H groups in total. The lowest BCUT2D eigenvalue weighted by Gasteiger charge is -2.10. The van der Waals surface area contributed by atoms with Gasteiger partial charge in [0.05, 0.1) is 0 Å². The van der Waals surface area contributed by atoms with E-state index >= 15 is 0 Å². The monoisotopic (exact) mass is 269 g/mol. The van der Waals surface area contributed by atoms with Crippen LogP contribution in [0.5, 0.6) is 5.75 Å². The summed E-state index contributed by atoms with van der Waals surface area (Å²) in [6.07, 6.45) is 0.876. The number of rotatable bonds is 5. The molecule has 0 heterocycles. The summed E-state index contributed by atoms with van der Waals surface area (Å²) < 4.78 is 5.87. The Bertz CT molecular complexity index is 575. The molecular weight excluding hydrogens is 246 g/mol. The molecule has 20 heavy (non-hydrogen) atoms. The molecule has 0 saturated heterocycles. The van der Waals surface area contributed by atoms with Gasteiger partial charge in [-0.2, -0.15) is 0 Å². The van der Waals surface area contributed by atoms with Gasteiger partial charge in [-0.3, -0.25) is 0 Å². The lowest BCUT2D eigenvalue weighted by molar-refractivity contribution is 0.306. The van der Waals surface area contributed by atoms with Crippen LogP contribution in [0.1, 0.15) is 29.2 Å². The molecule has 0 aliphatic heterocycles. The lowest BCUT2D eigenvalue weighted by Crippen LogP contribution is -2.17. The highest BCUT2D eigenvalue weighted by atomic mass is 16.5. The first-order valence-electron chi connectivity index (χ1n) is 7.08. The minimum atomic E-state index is 0.171. The third kappa shape index (κ3) is 4.10. The number of aryl methyl sites for hydroxylation is 2. The van der Waals surface area contributed by atoms with Gasteiger partial charge in [-0.05, 0) is 61.6 Å². The molecule has 2 nitrogen and oxygen atoms in total. The molecule has 106 valence electrons. The molecule has 0 amide bonds. The Balaban J connectivity index is 2.01. The molecule has 0 aliphatic carbocycles. The lowest BCUT2D eigenvalue weighted by atomic mass is 10.1. The van der Waals surface area contributed by atoms with Crippen molar-refractivity contribution in [1.29, 1.82) is 0 Å². The molecule has 2 heteroatoms. The molecule has 0 bridgehead atoms. The van der Waals surface area contributed by atoms with Crippen LogP contribution in [0.15, 0.2) is 42.5 Å². The van der Waals surface area contributed by atoms with Crippen molar-refractivity contribution in [2.75, 3.05) is 0 Å². The molecule has 0 aromatic heterocycles. The summed E-state index contributed by atoms with van der Waals surface area (Å²) in [5.41, 5.74) is 10.9. The van der Waals surface area contributed by atoms with Gasteiger partial charge in [0.2, 0.25) is 0 Å². The summed E-state index contributed by atoms with van der Waals surface area (Å²) in [6.45, 7) is 6.87. The van der Waals surface area contributed by atoms with Gasteiger partial charge in [0.25, 0.3) is 0 Å². The molecule has 2 rings (SSSR count). The molecule has 0 spiro atoms. The van der Waals surface area contributed by atoms with Gasteiger partial charge in [0, 0.05) is 6.04 Å². The van der Waals surface area contributed by atoms with E-state index < -0.39 is 0 Å². The number of hydrogen-bond acceptors (Lipinski definition) is 2. The van der Waals surface area contributed by atoms with Gasteiger partial charge in [-0.25, -0.2) is 0 Å². The van der Waals surface area contributed by atoms with Crippen LogP contribution in [0.2, 0.25) is 0 Å². The average molecular weight is 269 g/mol. The van der Waals surface area contributed by atoms with E-state index in [0.717, 1.165) is 12.2 Å². The first-order chi connectivity index (χ1) is 9.54. The average Bonchev–Trinajstić information content (AvgIpc) is 2.40. The van der Waals surface area contributed by atoms with Crippen LogP contribution in [-0.4, -0.2) is 6.04 Å². The Morgan fingerprint density at radius 2 is 1.80 bits per heavy atom. The van der Waals surface area contributed by atoms with Crippen LogP contribution in [0.3, 0.4) is 0 Å². The molecule has 2 aromatic carbocycles. The van der Waals surface area contributed by atoms with Crippen molar-refractivity contribution in [3.63, 3.8) is 0 Å². The van der Waals surface area contributed by atoms with Crippen molar-refractivity contribution >= 4 is 0 Å². The molecule has 2 aromatic rings. The largest absolute Gasteiger partial charge is 0.489 e. The zero-order chi connectivity index (χ0) is 14.5. The third-order valence-corrected chi connectivity index (χ3v) is 3.43. The zero-order valence-electron chi connectivity index (χ0n) is 12.5. The van der Waals surface area contributed by atoms with Gasteiger partial charge in [0.15, 0.2) is 0 Å². The van der Waals surface area contributed by atoms with Crippen LogP contribution in [-0.2, 0) is 13.0 Å². The summed E-state index contributed by atoms with van der Waals surface area (Å²) >= 11 is 0. The number of hydrogen-bond donors (Lipinski definition) is 1. The second-order valence-electron chi connectivity index (χ2n) is 5.54. The Kier molecular flexibility index (Phi) is 4.80. The Morgan fingerprint density at radius 3 is 2.50 bits per heavy atom. The fraction of sp³-hybridized carbons (Fsp3) is 0.333. The second kappa shape index (κ2) is 6.58. The minimum Gasteiger partial charge on any atom is -0.489 e. The minimum absolute atomic E-state index is 0.171. The van der Waals surface area contributed by atoms with Crippen LogP contribution >= 0.6 is 0 Å². The maximum absolute atomic E-state index is 5.87. The van der Waals surface area contributed by atoms with Crippen molar-refractivity contribution in [1.82, 2.24) is 0 Å². The van der Waals surface area contributed by atoms with Crippen molar-refractivity contribution in [2.45, 2.75) is 39.8 Å². The van der Waals surface area contributed by atoms with E-state index in [1.54, 1.807) is 0 Å². The number of benzene rings is 2. The quantitative estimate of drug-likeness (QED) is 0.896. The van der Waals surface area contributed by atoms with E-state index in [1.807, 2.05) is 19.1 Å². The maximum Gasteiger partial charge on any atom is 0.120 e. The van der Waals surface area contributed by atoms with Crippen molar-refractivity contribution < 1.29 is 4.74 Å². The zero-order valence-corrected chi connectivity index (χ0v) is 12.5. The highest BCUT2D eigenvalue weighted by Gasteiger charge is 2.02. The fourth-order valence-corrected chi connectivity index (χ4v) is 2.19. The maximum atomic E-state index is 5.87. The van der Waals surface area contributed by atoms with Crippen molar-refractivity contribution in [2.24, 2.45) is 5.73 Å². The fourth-order valence-electron chi connectivity index (χ4n) is 2.19. The first kappa shape index (κ1) is 14.6. The summed E-state index contributed by atoms with van der Waals surface area (Å²) in [4.78, 5) is 0. The van der Waals surface area contributed by atoms with E-state index in [4.69, 9.17) is 10.5 Å².